The fourth-order valence-corrected chi connectivity index (χ4v) is 3.22. The van der Waals surface area contributed by atoms with E-state index in [1.807, 2.05) is 37.4 Å². The Balaban J connectivity index is 1.78. The zero-order valence-corrected chi connectivity index (χ0v) is 17.2. The first kappa shape index (κ1) is 20.1. The molecule has 2 N–H and O–H groups in total. The lowest BCUT2D eigenvalue weighted by molar-refractivity contribution is -0.111. The molecule has 0 radical (unpaired) electrons. The van der Waals surface area contributed by atoms with Crippen LogP contribution in [-0.2, 0) is 4.79 Å². The van der Waals surface area contributed by atoms with Gasteiger partial charge in [-0.3, -0.25) is 4.79 Å². The van der Waals surface area contributed by atoms with E-state index in [0.717, 1.165) is 33.3 Å². The smallest absolute Gasteiger partial charge is 0.247 e. The summed E-state index contributed by atoms with van der Waals surface area (Å²) in [5.74, 6) is 0.545. The van der Waals surface area contributed by atoms with Gasteiger partial charge in [-0.1, -0.05) is 6.58 Å². The highest BCUT2D eigenvalue weighted by Crippen LogP contribution is 2.33. The Labute approximate surface area is 179 Å². The van der Waals surface area contributed by atoms with Crippen molar-refractivity contribution in [2.45, 2.75) is 6.92 Å². The predicted molar refractivity (Wildman–Crippen MR) is 119 cm³/mol. The van der Waals surface area contributed by atoms with E-state index in [0.29, 0.717) is 24.1 Å². The number of rotatable bonds is 7. The molecular weight excluding hydrogens is 394 g/mol. The molecule has 0 atom stereocenters. The highest BCUT2D eigenvalue weighted by Gasteiger charge is 2.13. The zero-order valence-electron chi connectivity index (χ0n) is 17.2. The second-order valence-corrected chi connectivity index (χ2v) is 6.61. The Morgan fingerprint density at radius 1 is 1.16 bits per heavy atom. The Morgan fingerprint density at radius 2 is 1.97 bits per heavy atom. The number of nitrogens with one attached hydrogen (secondary N) is 2. The van der Waals surface area contributed by atoms with Crippen LogP contribution in [0.5, 0.6) is 11.8 Å². The average molecular weight is 415 g/mol. The number of hydrogen-bond donors (Lipinski definition) is 2. The van der Waals surface area contributed by atoms with E-state index in [1.54, 1.807) is 25.7 Å². The molecule has 4 aromatic heterocycles. The Kier molecular flexibility index (Phi) is 5.61. The van der Waals surface area contributed by atoms with Gasteiger partial charge in [0.25, 0.3) is 0 Å². The number of nitrogens with zero attached hydrogens (tertiary/aromatic N) is 3. The van der Waals surface area contributed by atoms with E-state index < -0.39 is 0 Å². The highest BCUT2D eigenvalue weighted by atomic mass is 16.5. The minimum Gasteiger partial charge on any atom is -0.481 e. The average Bonchev–Trinajstić information content (AvgIpc) is 3.23. The molecule has 156 valence electrons. The lowest BCUT2D eigenvalue weighted by Crippen LogP contribution is -2.10. The van der Waals surface area contributed by atoms with Crippen molar-refractivity contribution in [3.8, 4) is 34.0 Å². The molecule has 4 heterocycles. The van der Waals surface area contributed by atoms with Gasteiger partial charge in [-0.15, -0.1) is 0 Å². The molecule has 0 aliphatic heterocycles. The molecular formula is C23H21N5O3. The van der Waals surface area contributed by atoms with Crippen molar-refractivity contribution in [2.75, 3.05) is 19.0 Å². The van der Waals surface area contributed by atoms with Gasteiger partial charge in [-0.05, 0) is 36.8 Å². The summed E-state index contributed by atoms with van der Waals surface area (Å²) in [5.41, 5.74) is 4.80. The third-order valence-corrected chi connectivity index (χ3v) is 4.69. The first-order chi connectivity index (χ1) is 15.1. The van der Waals surface area contributed by atoms with Gasteiger partial charge in [0.05, 0.1) is 13.7 Å². The number of anilines is 1. The van der Waals surface area contributed by atoms with Crippen LogP contribution in [0.15, 0.2) is 61.7 Å². The van der Waals surface area contributed by atoms with Crippen LogP contribution in [0.3, 0.4) is 0 Å². The van der Waals surface area contributed by atoms with E-state index in [1.165, 1.54) is 6.08 Å². The standard InChI is InChI=1S/C23H21N5O3/c1-4-20(29)28-19-9-16(12-27-23(19)31-5-2)15-8-17-18(13-26-22(17)25-11-15)14-6-7-24-21(10-14)30-3/h4,6-13H,1,5H2,2-3H3,(H,25,26)(H,28,29). The first-order valence-corrected chi connectivity index (χ1v) is 9.67. The number of H-pyrrole nitrogens is 1. The summed E-state index contributed by atoms with van der Waals surface area (Å²) in [6, 6.07) is 7.62. The summed E-state index contributed by atoms with van der Waals surface area (Å²) in [5, 5.41) is 3.69. The van der Waals surface area contributed by atoms with Crippen molar-refractivity contribution < 1.29 is 14.3 Å². The molecule has 1 amide bonds. The summed E-state index contributed by atoms with van der Waals surface area (Å²) in [6.07, 6.45) is 8.26. The number of aromatic nitrogens is 4. The molecule has 8 nitrogen and oxygen atoms in total. The number of aromatic amines is 1. The topological polar surface area (TPSA) is 102 Å². The van der Waals surface area contributed by atoms with Crippen molar-refractivity contribution in [3.05, 3.63) is 61.7 Å². The van der Waals surface area contributed by atoms with Gasteiger partial charge in [0.1, 0.15) is 11.3 Å². The molecule has 0 unspecified atom stereocenters. The summed E-state index contributed by atoms with van der Waals surface area (Å²) < 4.78 is 10.8. The third-order valence-electron chi connectivity index (χ3n) is 4.69. The second kappa shape index (κ2) is 8.66. The molecule has 0 saturated heterocycles. The first-order valence-electron chi connectivity index (χ1n) is 9.67. The predicted octanol–water partition coefficient (Wildman–Crippen LogP) is 4.22. The van der Waals surface area contributed by atoms with Gasteiger partial charge in [0.15, 0.2) is 0 Å². The third kappa shape index (κ3) is 4.09. The SMILES string of the molecule is C=CC(=O)Nc1cc(-c2cnc3[nH]cc(-c4ccnc(OC)c4)c3c2)cnc1OCC. The number of amides is 1. The van der Waals surface area contributed by atoms with Gasteiger partial charge in [-0.2, -0.15) is 0 Å². The molecule has 0 aliphatic carbocycles. The maximum absolute atomic E-state index is 11.8. The number of carbonyl (C=O) groups excluding carboxylic acids is 1. The van der Waals surface area contributed by atoms with Crippen LogP contribution in [0.4, 0.5) is 5.69 Å². The lowest BCUT2D eigenvalue weighted by atomic mass is 10.0. The minimum absolute atomic E-state index is 0.340. The van der Waals surface area contributed by atoms with Gasteiger partial charge < -0.3 is 19.8 Å². The quantitative estimate of drug-likeness (QED) is 0.438. The molecule has 0 aliphatic rings. The number of pyridine rings is 3. The second-order valence-electron chi connectivity index (χ2n) is 6.61. The van der Waals surface area contributed by atoms with Crippen LogP contribution in [0, 0.1) is 0 Å². The van der Waals surface area contributed by atoms with Crippen molar-refractivity contribution in [1.82, 2.24) is 19.9 Å². The number of carbonyl (C=O) groups is 1. The van der Waals surface area contributed by atoms with Crippen LogP contribution >= 0.6 is 0 Å². The Bertz CT molecular complexity index is 1270. The molecule has 0 saturated carbocycles. The molecule has 31 heavy (non-hydrogen) atoms. The van der Waals surface area contributed by atoms with Crippen molar-refractivity contribution in [2.24, 2.45) is 0 Å². The number of ether oxygens (including phenoxy) is 2. The fourth-order valence-electron chi connectivity index (χ4n) is 3.22. The largest absolute Gasteiger partial charge is 0.481 e. The van der Waals surface area contributed by atoms with E-state index in [4.69, 9.17) is 9.47 Å². The maximum atomic E-state index is 11.8. The Hall–Kier alpha value is -4.20. The molecule has 0 spiro atoms. The van der Waals surface area contributed by atoms with Crippen LogP contribution in [0.1, 0.15) is 6.92 Å². The monoisotopic (exact) mass is 415 g/mol. The maximum Gasteiger partial charge on any atom is 0.247 e. The lowest BCUT2D eigenvalue weighted by Gasteiger charge is -2.11. The Morgan fingerprint density at radius 3 is 2.74 bits per heavy atom. The zero-order chi connectivity index (χ0) is 21.8. The van der Waals surface area contributed by atoms with Gasteiger partial charge >= 0.3 is 0 Å². The summed E-state index contributed by atoms with van der Waals surface area (Å²) in [7, 11) is 1.59. The summed E-state index contributed by atoms with van der Waals surface area (Å²) in [6.45, 7) is 5.78. The molecule has 0 bridgehead atoms. The normalized spacial score (nSPS) is 10.6. The molecule has 0 aromatic carbocycles. The van der Waals surface area contributed by atoms with E-state index >= 15 is 0 Å². The van der Waals surface area contributed by atoms with Crippen molar-refractivity contribution in [3.63, 3.8) is 0 Å². The van der Waals surface area contributed by atoms with Gasteiger partial charge in [-0.25, -0.2) is 15.0 Å². The van der Waals surface area contributed by atoms with Crippen LogP contribution in [0.25, 0.3) is 33.3 Å². The highest BCUT2D eigenvalue weighted by molar-refractivity contribution is 6.00. The van der Waals surface area contributed by atoms with E-state index in [9.17, 15) is 4.79 Å². The number of fused-ring (bicyclic) bond motifs is 1. The number of hydrogen-bond acceptors (Lipinski definition) is 6. The van der Waals surface area contributed by atoms with E-state index in [2.05, 4.69) is 31.8 Å². The van der Waals surface area contributed by atoms with E-state index in [-0.39, 0.29) is 5.91 Å². The summed E-state index contributed by atoms with van der Waals surface area (Å²) in [4.78, 5) is 28.1. The van der Waals surface area contributed by atoms with Crippen LogP contribution in [-0.4, -0.2) is 39.6 Å². The number of methoxy groups -OCH3 is 1. The van der Waals surface area contributed by atoms with Crippen molar-refractivity contribution >= 4 is 22.6 Å². The van der Waals surface area contributed by atoms with Gasteiger partial charge in [0.2, 0.25) is 17.7 Å². The van der Waals surface area contributed by atoms with Crippen LogP contribution < -0.4 is 14.8 Å². The molecule has 8 heteroatoms. The minimum atomic E-state index is -0.340. The van der Waals surface area contributed by atoms with Gasteiger partial charge in [0, 0.05) is 52.9 Å². The molecule has 0 fully saturated rings. The van der Waals surface area contributed by atoms with Crippen molar-refractivity contribution in [1.29, 1.82) is 0 Å². The molecule has 4 rings (SSSR count). The van der Waals surface area contributed by atoms with Crippen LogP contribution in [0.2, 0.25) is 0 Å². The summed E-state index contributed by atoms with van der Waals surface area (Å²) >= 11 is 0. The fraction of sp³-hybridized carbons (Fsp3) is 0.130. The molecule has 4 aromatic rings.